The van der Waals surface area contributed by atoms with E-state index in [4.69, 9.17) is 9.47 Å². The molecule has 0 bridgehead atoms. The smallest absolute Gasteiger partial charge is 0.271 e. The van der Waals surface area contributed by atoms with E-state index in [2.05, 4.69) is 0 Å². The molecule has 0 radical (unpaired) electrons. The van der Waals surface area contributed by atoms with Crippen LogP contribution >= 0.6 is 0 Å². The average Bonchev–Trinajstić information content (AvgIpc) is 3.49. The van der Waals surface area contributed by atoms with E-state index in [1.165, 1.54) is 12.1 Å². The lowest BCUT2D eigenvalue weighted by molar-refractivity contribution is -0.384. The molecule has 1 amide bonds. The SMILES string of the molecule is COc1ccc(CN2C(=O)C(C3CC3)Oc3ccc([N+](=O)[O-])cc32)cc1. The van der Waals surface area contributed by atoms with Gasteiger partial charge in [-0.05, 0) is 36.6 Å². The molecule has 0 aromatic heterocycles. The van der Waals surface area contributed by atoms with Gasteiger partial charge in [-0.25, -0.2) is 0 Å². The van der Waals surface area contributed by atoms with Gasteiger partial charge < -0.3 is 14.4 Å². The second kappa shape index (κ2) is 6.33. The van der Waals surface area contributed by atoms with Crippen LogP contribution in [-0.2, 0) is 11.3 Å². The number of amides is 1. The standard InChI is InChI=1S/C19H18N2O5/c1-25-15-7-2-12(3-8-15)11-20-16-10-14(21(23)24)6-9-17(16)26-18(19(20)22)13-4-5-13/h2-3,6-10,13,18H,4-5,11H2,1H3. The topological polar surface area (TPSA) is 81.9 Å². The second-order valence-electron chi connectivity index (χ2n) is 6.56. The Morgan fingerprint density at radius 2 is 1.96 bits per heavy atom. The molecule has 134 valence electrons. The van der Waals surface area contributed by atoms with E-state index in [1.807, 2.05) is 24.3 Å². The summed E-state index contributed by atoms with van der Waals surface area (Å²) in [7, 11) is 1.59. The molecule has 1 fully saturated rings. The summed E-state index contributed by atoms with van der Waals surface area (Å²) in [5, 5.41) is 11.1. The molecule has 1 aliphatic carbocycles. The number of rotatable bonds is 5. The van der Waals surface area contributed by atoms with Crippen molar-refractivity contribution in [2.75, 3.05) is 12.0 Å². The summed E-state index contributed by atoms with van der Waals surface area (Å²) in [5.41, 5.74) is 1.29. The minimum atomic E-state index is -0.512. The lowest BCUT2D eigenvalue weighted by Gasteiger charge is -2.34. The number of hydrogen-bond donors (Lipinski definition) is 0. The van der Waals surface area contributed by atoms with Crippen LogP contribution in [0.1, 0.15) is 18.4 Å². The van der Waals surface area contributed by atoms with E-state index in [0.717, 1.165) is 24.2 Å². The van der Waals surface area contributed by atoms with Crippen molar-refractivity contribution in [1.29, 1.82) is 0 Å². The van der Waals surface area contributed by atoms with Gasteiger partial charge in [0.05, 0.1) is 24.3 Å². The molecular formula is C19H18N2O5. The monoisotopic (exact) mass is 354 g/mol. The molecule has 7 nitrogen and oxygen atoms in total. The minimum Gasteiger partial charge on any atom is -0.497 e. The Kier molecular flexibility index (Phi) is 3.99. The molecule has 0 spiro atoms. The van der Waals surface area contributed by atoms with Gasteiger partial charge in [-0.3, -0.25) is 14.9 Å². The third-order valence-corrected chi connectivity index (χ3v) is 4.76. The van der Waals surface area contributed by atoms with Gasteiger partial charge in [-0.15, -0.1) is 0 Å². The number of nitro benzene ring substituents is 1. The van der Waals surface area contributed by atoms with Crippen molar-refractivity contribution in [1.82, 2.24) is 0 Å². The first-order valence-corrected chi connectivity index (χ1v) is 8.46. The van der Waals surface area contributed by atoms with Gasteiger partial charge in [0, 0.05) is 18.1 Å². The van der Waals surface area contributed by atoms with Crippen LogP contribution in [0.3, 0.4) is 0 Å². The Hall–Kier alpha value is -3.09. The maximum absolute atomic E-state index is 13.0. The molecule has 1 unspecified atom stereocenters. The van der Waals surface area contributed by atoms with Crippen molar-refractivity contribution in [2.24, 2.45) is 5.92 Å². The maximum atomic E-state index is 13.0. The quantitative estimate of drug-likeness (QED) is 0.608. The Morgan fingerprint density at radius 3 is 2.58 bits per heavy atom. The van der Waals surface area contributed by atoms with Gasteiger partial charge in [0.2, 0.25) is 0 Å². The summed E-state index contributed by atoms with van der Waals surface area (Å²) in [5.74, 6) is 1.33. The van der Waals surface area contributed by atoms with E-state index >= 15 is 0 Å². The van der Waals surface area contributed by atoms with Crippen LogP contribution < -0.4 is 14.4 Å². The van der Waals surface area contributed by atoms with Crippen LogP contribution in [0.5, 0.6) is 11.5 Å². The van der Waals surface area contributed by atoms with Crippen molar-refractivity contribution in [2.45, 2.75) is 25.5 Å². The lowest BCUT2D eigenvalue weighted by Crippen LogP contribution is -2.46. The number of benzene rings is 2. The highest BCUT2D eigenvalue weighted by Gasteiger charge is 2.44. The van der Waals surface area contributed by atoms with Gasteiger partial charge in [-0.2, -0.15) is 0 Å². The van der Waals surface area contributed by atoms with Crippen molar-refractivity contribution in [3.05, 3.63) is 58.1 Å². The minimum absolute atomic E-state index is 0.0650. The Morgan fingerprint density at radius 1 is 1.23 bits per heavy atom. The molecule has 1 atom stereocenters. The molecule has 2 aromatic rings. The summed E-state index contributed by atoms with van der Waals surface area (Å²) in [6.07, 6.45) is 1.42. The van der Waals surface area contributed by atoms with Crippen LogP contribution in [0.15, 0.2) is 42.5 Å². The summed E-state index contributed by atoms with van der Waals surface area (Å²) in [4.78, 5) is 25.2. The number of anilines is 1. The number of nitro groups is 1. The van der Waals surface area contributed by atoms with Crippen LogP contribution in [0.2, 0.25) is 0 Å². The van der Waals surface area contributed by atoms with Crippen LogP contribution in [0.4, 0.5) is 11.4 Å². The number of hydrogen-bond acceptors (Lipinski definition) is 5. The molecule has 0 N–H and O–H groups in total. The van der Waals surface area contributed by atoms with Crippen molar-refractivity contribution in [3.8, 4) is 11.5 Å². The highest BCUT2D eigenvalue weighted by molar-refractivity contribution is 6.00. The summed E-state index contributed by atoms with van der Waals surface area (Å²) in [6.45, 7) is 0.323. The highest BCUT2D eigenvalue weighted by Crippen LogP contribution is 2.44. The number of ether oxygens (including phenoxy) is 2. The maximum Gasteiger partial charge on any atom is 0.271 e. The molecule has 7 heteroatoms. The van der Waals surface area contributed by atoms with Crippen LogP contribution in [0, 0.1) is 16.0 Å². The predicted octanol–water partition coefficient (Wildman–Crippen LogP) is 3.31. The molecule has 26 heavy (non-hydrogen) atoms. The molecule has 1 saturated carbocycles. The summed E-state index contributed by atoms with van der Waals surface area (Å²) < 4.78 is 11.0. The van der Waals surface area contributed by atoms with E-state index in [1.54, 1.807) is 18.1 Å². The molecule has 1 heterocycles. The Labute approximate surface area is 150 Å². The first kappa shape index (κ1) is 16.4. The van der Waals surface area contributed by atoms with Crippen molar-refractivity contribution in [3.63, 3.8) is 0 Å². The fourth-order valence-electron chi connectivity index (χ4n) is 3.16. The number of carbonyl (C=O) groups excluding carboxylic acids is 1. The fraction of sp³-hybridized carbons (Fsp3) is 0.316. The van der Waals surface area contributed by atoms with Gasteiger partial charge in [0.15, 0.2) is 6.10 Å². The van der Waals surface area contributed by atoms with Gasteiger partial charge in [0.1, 0.15) is 11.5 Å². The Balaban J connectivity index is 1.70. The van der Waals surface area contributed by atoms with Gasteiger partial charge in [0.25, 0.3) is 11.6 Å². The third kappa shape index (κ3) is 2.96. The van der Waals surface area contributed by atoms with E-state index in [9.17, 15) is 14.9 Å². The number of nitrogens with zero attached hydrogens (tertiary/aromatic N) is 2. The highest BCUT2D eigenvalue weighted by atomic mass is 16.6. The Bertz CT molecular complexity index is 861. The molecular weight excluding hydrogens is 336 g/mol. The number of non-ortho nitro benzene ring substituents is 1. The first-order chi connectivity index (χ1) is 12.6. The molecule has 1 aliphatic heterocycles. The third-order valence-electron chi connectivity index (χ3n) is 4.76. The average molecular weight is 354 g/mol. The molecule has 0 saturated heterocycles. The number of fused-ring (bicyclic) bond motifs is 1. The largest absolute Gasteiger partial charge is 0.497 e. The zero-order valence-electron chi connectivity index (χ0n) is 14.3. The second-order valence-corrected chi connectivity index (χ2v) is 6.56. The van der Waals surface area contributed by atoms with Crippen LogP contribution in [-0.4, -0.2) is 24.0 Å². The zero-order valence-corrected chi connectivity index (χ0v) is 14.3. The van der Waals surface area contributed by atoms with E-state index in [-0.39, 0.29) is 17.5 Å². The predicted molar refractivity (Wildman–Crippen MR) is 94.4 cm³/mol. The van der Waals surface area contributed by atoms with Crippen molar-refractivity contribution >= 4 is 17.3 Å². The zero-order chi connectivity index (χ0) is 18.3. The van der Waals surface area contributed by atoms with E-state index in [0.29, 0.717) is 18.0 Å². The summed E-state index contributed by atoms with van der Waals surface area (Å²) >= 11 is 0. The van der Waals surface area contributed by atoms with Crippen molar-refractivity contribution < 1.29 is 19.2 Å². The summed E-state index contributed by atoms with van der Waals surface area (Å²) in [6, 6.07) is 11.8. The fourth-order valence-corrected chi connectivity index (χ4v) is 3.16. The first-order valence-electron chi connectivity index (χ1n) is 8.46. The number of methoxy groups -OCH3 is 1. The van der Waals surface area contributed by atoms with Gasteiger partial charge >= 0.3 is 0 Å². The number of carbonyl (C=O) groups is 1. The van der Waals surface area contributed by atoms with Gasteiger partial charge in [-0.1, -0.05) is 12.1 Å². The van der Waals surface area contributed by atoms with E-state index < -0.39 is 11.0 Å². The lowest BCUT2D eigenvalue weighted by atomic mass is 10.1. The normalized spacial score (nSPS) is 18.9. The molecule has 2 aromatic carbocycles. The molecule has 2 aliphatic rings. The van der Waals surface area contributed by atoms with Crippen LogP contribution in [0.25, 0.3) is 0 Å². The molecule has 4 rings (SSSR count).